The van der Waals surface area contributed by atoms with E-state index in [1.807, 2.05) is 47.7 Å². The molecule has 11 rings (SSSR count). The van der Waals surface area contributed by atoms with Crippen LogP contribution < -0.4 is 4.90 Å². The van der Waals surface area contributed by atoms with Gasteiger partial charge in [0.15, 0.2) is 17.5 Å². The van der Waals surface area contributed by atoms with Crippen molar-refractivity contribution >= 4 is 42.9 Å². The van der Waals surface area contributed by atoms with E-state index < -0.39 is 0 Å². The standard InChI is InChI=1S/C53H42N4S/c1-34-29-30-52(3)41-24-14-15-25-42(41)57(38-21-12-7-13-22-38)53(4)32-31-51(2,46(34)47(52)53)37-27-28-39-44(33-37)58-43-26-16-23-40(45(39)43)50-55-48(35-17-8-5-9-18-35)54-49(56-50)36-19-10-6-11-20-36/h5-34H,1-4H3. The van der Waals surface area contributed by atoms with Crippen molar-refractivity contribution in [1.29, 1.82) is 0 Å². The Bertz CT molecular complexity index is 2960. The largest absolute Gasteiger partial charge is 0.328 e. The molecular formula is C53H42N4S. The normalized spacial score (nSPS) is 23.3. The molecule has 280 valence electrons. The van der Waals surface area contributed by atoms with Crippen LogP contribution in [0.15, 0.2) is 187 Å². The molecule has 0 amide bonds. The van der Waals surface area contributed by atoms with Crippen LogP contribution in [0, 0.1) is 5.92 Å². The summed E-state index contributed by atoms with van der Waals surface area (Å²) in [5.74, 6) is 2.27. The quantitative estimate of drug-likeness (QED) is 0.164. The van der Waals surface area contributed by atoms with Crippen molar-refractivity contribution in [3.8, 4) is 34.2 Å². The molecule has 0 bridgehead atoms. The monoisotopic (exact) mass is 766 g/mol. The molecule has 8 aromatic rings. The number of para-hydroxylation sites is 2. The summed E-state index contributed by atoms with van der Waals surface area (Å²) in [5.41, 5.74) is 10.1. The average Bonchev–Trinajstić information content (AvgIpc) is 3.65. The highest BCUT2D eigenvalue weighted by molar-refractivity contribution is 7.26. The molecule has 0 radical (unpaired) electrons. The first kappa shape index (κ1) is 34.8. The van der Waals surface area contributed by atoms with Crippen molar-refractivity contribution in [1.82, 2.24) is 15.0 Å². The van der Waals surface area contributed by atoms with Crippen molar-refractivity contribution in [2.45, 2.75) is 44.1 Å². The molecule has 0 saturated carbocycles. The van der Waals surface area contributed by atoms with Crippen LogP contribution in [0.25, 0.3) is 54.3 Å². The van der Waals surface area contributed by atoms with Gasteiger partial charge in [0.05, 0.1) is 5.54 Å². The zero-order valence-corrected chi connectivity index (χ0v) is 33.8. The summed E-state index contributed by atoms with van der Waals surface area (Å²) >= 11 is 1.85. The highest BCUT2D eigenvalue weighted by Crippen LogP contribution is 2.62. The summed E-state index contributed by atoms with van der Waals surface area (Å²) in [7, 11) is 0. The van der Waals surface area contributed by atoms with Gasteiger partial charge in [0.2, 0.25) is 0 Å². The third-order valence-corrected chi connectivity index (χ3v) is 14.1. The topological polar surface area (TPSA) is 41.9 Å². The number of hydrogen-bond donors (Lipinski definition) is 0. The molecule has 0 spiro atoms. The van der Waals surface area contributed by atoms with E-state index in [1.54, 1.807) is 0 Å². The van der Waals surface area contributed by atoms with Crippen LogP contribution in [0.2, 0.25) is 0 Å². The molecule has 1 aliphatic heterocycles. The van der Waals surface area contributed by atoms with Crippen LogP contribution in [-0.2, 0) is 10.8 Å². The molecule has 0 saturated heterocycles. The molecule has 4 nitrogen and oxygen atoms in total. The van der Waals surface area contributed by atoms with Gasteiger partial charge in [-0.1, -0.05) is 153 Å². The molecule has 4 atom stereocenters. The van der Waals surface area contributed by atoms with Gasteiger partial charge in [-0.3, -0.25) is 0 Å². The molecule has 3 heterocycles. The van der Waals surface area contributed by atoms with Gasteiger partial charge in [-0.2, -0.15) is 0 Å². The van der Waals surface area contributed by atoms with Gasteiger partial charge in [-0.05, 0) is 79.3 Å². The van der Waals surface area contributed by atoms with Gasteiger partial charge in [0.1, 0.15) is 0 Å². The average molecular weight is 767 g/mol. The predicted octanol–water partition coefficient (Wildman–Crippen LogP) is 13.4. The number of anilines is 2. The number of allylic oxidation sites excluding steroid dienone is 4. The van der Waals surface area contributed by atoms with E-state index in [0.29, 0.717) is 17.5 Å². The fraction of sp³-hybridized carbons (Fsp3) is 0.151. The number of hydrogen-bond acceptors (Lipinski definition) is 5. The predicted molar refractivity (Wildman–Crippen MR) is 242 cm³/mol. The summed E-state index contributed by atoms with van der Waals surface area (Å²) in [6.07, 6.45) is 9.95. The van der Waals surface area contributed by atoms with Crippen molar-refractivity contribution < 1.29 is 0 Å². The molecular weight excluding hydrogens is 725 g/mol. The maximum atomic E-state index is 5.13. The lowest BCUT2D eigenvalue weighted by Crippen LogP contribution is -2.58. The SMILES string of the molecule is CC1C=CC2(C)C3=C1C(C)(c1ccc4c(c1)sc1cccc(-c5nc(-c6ccccc6)nc(-c6ccccc6)n5)c14)C=CC3(C)N(c1ccccc1)c1ccccc12. The van der Waals surface area contributed by atoms with Crippen molar-refractivity contribution in [2.24, 2.45) is 5.92 Å². The molecule has 0 fully saturated rings. The van der Waals surface area contributed by atoms with Gasteiger partial charge in [0.25, 0.3) is 0 Å². The zero-order valence-electron chi connectivity index (χ0n) is 33.0. The zero-order chi connectivity index (χ0) is 39.2. The van der Waals surface area contributed by atoms with Gasteiger partial charge >= 0.3 is 0 Å². The first-order chi connectivity index (χ1) is 28.3. The van der Waals surface area contributed by atoms with E-state index in [9.17, 15) is 0 Å². The summed E-state index contributed by atoms with van der Waals surface area (Å²) in [6, 6.07) is 54.0. The smallest absolute Gasteiger partial charge is 0.164 e. The molecule has 5 heteroatoms. The number of fused-ring (bicyclic) bond motifs is 5. The van der Waals surface area contributed by atoms with E-state index in [-0.39, 0.29) is 22.3 Å². The Labute approximate surface area is 343 Å². The molecule has 2 aliphatic carbocycles. The lowest BCUT2D eigenvalue weighted by Gasteiger charge is -2.59. The highest BCUT2D eigenvalue weighted by atomic mass is 32.1. The highest BCUT2D eigenvalue weighted by Gasteiger charge is 2.56. The van der Waals surface area contributed by atoms with Gasteiger partial charge in [-0.25, -0.2) is 15.0 Å². The van der Waals surface area contributed by atoms with Crippen LogP contribution in [-0.4, -0.2) is 20.5 Å². The van der Waals surface area contributed by atoms with Crippen LogP contribution in [0.1, 0.15) is 38.8 Å². The van der Waals surface area contributed by atoms with Crippen LogP contribution in [0.5, 0.6) is 0 Å². The number of aromatic nitrogens is 3. The molecule has 58 heavy (non-hydrogen) atoms. The Morgan fingerprint density at radius 1 is 0.569 bits per heavy atom. The lowest BCUT2D eigenvalue weighted by molar-refractivity contribution is 0.441. The van der Waals surface area contributed by atoms with E-state index in [1.165, 1.54) is 53.8 Å². The van der Waals surface area contributed by atoms with Crippen molar-refractivity contribution in [3.05, 3.63) is 198 Å². The molecule has 2 aromatic heterocycles. The maximum absolute atomic E-state index is 5.13. The Kier molecular flexibility index (Phi) is 7.67. The minimum absolute atomic E-state index is 0.256. The maximum Gasteiger partial charge on any atom is 0.164 e. The van der Waals surface area contributed by atoms with Gasteiger partial charge in [-0.15, -0.1) is 11.3 Å². The second-order valence-corrected chi connectivity index (χ2v) is 17.6. The third kappa shape index (κ3) is 5.02. The van der Waals surface area contributed by atoms with E-state index in [0.717, 1.165) is 16.7 Å². The van der Waals surface area contributed by atoms with Crippen LogP contribution in [0.3, 0.4) is 0 Å². The number of rotatable bonds is 5. The molecule has 3 aliphatic rings. The summed E-state index contributed by atoms with van der Waals surface area (Å²) < 4.78 is 2.48. The van der Waals surface area contributed by atoms with Crippen LogP contribution >= 0.6 is 11.3 Å². The summed E-state index contributed by atoms with van der Waals surface area (Å²) in [4.78, 5) is 17.8. The number of thiophene rings is 1. The summed E-state index contributed by atoms with van der Waals surface area (Å²) in [5, 5.41) is 2.40. The minimum Gasteiger partial charge on any atom is -0.328 e. The van der Waals surface area contributed by atoms with Crippen molar-refractivity contribution in [2.75, 3.05) is 4.90 Å². The summed E-state index contributed by atoms with van der Waals surface area (Å²) in [6.45, 7) is 9.69. The fourth-order valence-corrected chi connectivity index (χ4v) is 11.5. The molecule has 6 aromatic carbocycles. The Morgan fingerprint density at radius 2 is 1.21 bits per heavy atom. The first-order valence-electron chi connectivity index (χ1n) is 20.2. The Balaban J connectivity index is 1.09. The van der Waals surface area contributed by atoms with E-state index >= 15 is 0 Å². The second-order valence-electron chi connectivity index (χ2n) is 16.5. The third-order valence-electron chi connectivity index (χ3n) is 13.0. The lowest BCUT2D eigenvalue weighted by atomic mass is 9.52. The molecule has 4 unspecified atom stereocenters. The number of benzene rings is 6. The Hall–Kier alpha value is -6.43. The van der Waals surface area contributed by atoms with Crippen molar-refractivity contribution in [3.63, 3.8) is 0 Å². The van der Waals surface area contributed by atoms with E-state index in [4.69, 9.17) is 15.0 Å². The van der Waals surface area contributed by atoms with Crippen LogP contribution in [0.4, 0.5) is 11.4 Å². The number of nitrogens with zero attached hydrogens (tertiary/aromatic N) is 4. The van der Waals surface area contributed by atoms with Gasteiger partial charge in [0, 0.05) is 59.1 Å². The van der Waals surface area contributed by atoms with E-state index in [2.05, 4.69) is 172 Å². The fourth-order valence-electron chi connectivity index (χ4n) is 10.3. The molecule has 0 N–H and O–H groups in total. The second kappa shape index (κ2) is 12.8. The Morgan fingerprint density at radius 3 is 1.91 bits per heavy atom. The minimum atomic E-state index is -0.364. The first-order valence-corrected chi connectivity index (χ1v) is 21.0. The van der Waals surface area contributed by atoms with Gasteiger partial charge < -0.3 is 4.90 Å².